The predicted octanol–water partition coefficient (Wildman–Crippen LogP) is 3.55. The molecule has 0 radical (unpaired) electrons. The van der Waals surface area contributed by atoms with Crippen LogP contribution in [0, 0.1) is 0 Å². The van der Waals surface area contributed by atoms with Gasteiger partial charge in [-0.05, 0) is 43.7 Å². The Morgan fingerprint density at radius 1 is 1.00 bits per heavy atom. The zero-order valence-corrected chi connectivity index (χ0v) is 17.2. The average Bonchev–Trinajstić information content (AvgIpc) is 2.75. The van der Waals surface area contributed by atoms with Crippen LogP contribution in [0.5, 0.6) is 0 Å². The molecule has 0 spiro atoms. The molecule has 29 heavy (non-hydrogen) atoms. The van der Waals surface area contributed by atoms with Crippen LogP contribution in [-0.2, 0) is 4.79 Å². The van der Waals surface area contributed by atoms with Gasteiger partial charge in [-0.1, -0.05) is 42.5 Å². The maximum absolute atomic E-state index is 12.6. The van der Waals surface area contributed by atoms with E-state index in [1.54, 1.807) is 24.3 Å². The molecule has 0 saturated carbocycles. The number of carbonyl (C=O) groups is 2. The molecule has 1 atom stereocenters. The van der Waals surface area contributed by atoms with Crippen LogP contribution in [0.15, 0.2) is 60.7 Å². The Hall–Kier alpha value is -2.76. The van der Waals surface area contributed by atoms with Gasteiger partial charge in [0.2, 0.25) is 5.91 Å². The van der Waals surface area contributed by atoms with Gasteiger partial charge in [0, 0.05) is 44.0 Å². The van der Waals surface area contributed by atoms with Gasteiger partial charge in [0.15, 0.2) is 5.78 Å². The van der Waals surface area contributed by atoms with Crippen LogP contribution in [0.25, 0.3) is 6.08 Å². The van der Waals surface area contributed by atoms with Crippen molar-refractivity contribution in [2.45, 2.75) is 19.9 Å². The Balaban J connectivity index is 1.44. The normalized spacial score (nSPS) is 16.6. The van der Waals surface area contributed by atoms with E-state index in [-0.39, 0.29) is 17.7 Å². The molecule has 3 rings (SSSR count). The van der Waals surface area contributed by atoms with Gasteiger partial charge in [0.1, 0.15) is 0 Å². The first-order valence-corrected chi connectivity index (χ1v) is 10.1. The number of rotatable bonds is 7. The summed E-state index contributed by atoms with van der Waals surface area (Å²) in [5, 5.41) is 2.95. The van der Waals surface area contributed by atoms with Crippen molar-refractivity contribution in [3.05, 3.63) is 71.8 Å². The quantitative estimate of drug-likeness (QED) is 0.734. The fraction of sp³-hybridized carbons (Fsp3) is 0.333. The number of Topliss-reactive ketones (excluding diaryl/α,β-unsaturated/α-hetero) is 1. The summed E-state index contributed by atoms with van der Waals surface area (Å²) in [6.07, 6.45) is 4.35. The van der Waals surface area contributed by atoms with Gasteiger partial charge in [-0.25, -0.2) is 0 Å². The predicted molar refractivity (Wildman–Crippen MR) is 118 cm³/mol. The second-order valence-electron chi connectivity index (χ2n) is 7.45. The Morgan fingerprint density at radius 2 is 1.66 bits per heavy atom. The molecule has 0 unspecified atom stereocenters. The molecule has 1 saturated heterocycles. The van der Waals surface area contributed by atoms with Crippen molar-refractivity contribution >= 4 is 23.5 Å². The van der Waals surface area contributed by atoms with E-state index in [0.29, 0.717) is 5.56 Å². The lowest BCUT2D eigenvalue weighted by molar-refractivity contribution is -0.121. The number of anilines is 1. The first-order valence-electron chi connectivity index (χ1n) is 10.1. The highest BCUT2D eigenvalue weighted by molar-refractivity contribution is 5.97. The van der Waals surface area contributed by atoms with E-state index in [1.807, 2.05) is 25.1 Å². The maximum atomic E-state index is 12.6. The Morgan fingerprint density at radius 3 is 2.28 bits per heavy atom. The second-order valence-corrected chi connectivity index (χ2v) is 7.45. The molecular formula is C24H29N3O2. The molecule has 0 aliphatic carbocycles. The smallest absolute Gasteiger partial charge is 0.241 e. The monoisotopic (exact) mass is 391 g/mol. The third kappa shape index (κ3) is 6.11. The number of ketones is 1. The van der Waals surface area contributed by atoms with Crippen molar-refractivity contribution in [2.24, 2.45) is 0 Å². The van der Waals surface area contributed by atoms with E-state index in [0.717, 1.165) is 38.4 Å². The highest BCUT2D eigenvalue weighted by atomic mass is 16.2. The van der Waals surface area contributed by atoms with Crippen LogP contribution < -0.4 is 5.32 Å². The third-order valence-corrected chi connectivity index (χ3v) is 5.37. The molecule has 1 aliphatic heterocycles. The molecular weight excluding hydrogens is 362 g/mol. The fourth-order valence-corrected chi connectivity index (χ4v) is 3.44. The molecule has 1 fully saturated rings. The molecule has 152 valence electrons. The van der Waals surface area contributed by atoms with E-state index in [2.05, 4.69) is 39.4 Å². The highest BCUT2D eigenvalue weighted by Crippen LogP contribution is 2.13. The molecule has 1 aliphatic rings. The molecule has 1 amide bonds. The van der Waals surface area contributed by atoms with Crippen LogP contribution in [-0.4, -0.2) is 60.3 Å². The van der Waals surface area contributed by atoms with Gasteiger partial charge < -0.3 is 5.32 Å². The van der Waals surface area contributed by atoms with E-state index < -0.39 is 0 Å². The maximum Gasteiger partial charge on any atom is 0.241 e. The summed E-state index contributed by atoms with van der Waals surface area (Å²) < 4.78 is 0. The van der Waals surface area contributed by atoms with E-state index in [4.69, 9.17) is 0 Å². The summed E-state index contributed by atoms with van der Waals surface area (Å²) in [5.74, 6) is 0.00530. The lowest BCUT2D eigenvalue weighted by Gasteiger charge is -2.37. The summed E-state index contributed by atoms with van der Waals surface area (Å²) in [6.45, 7) is 8.05. The van der Waals surface area contributed by atoms with Crippen LogP contribution >= 0.6 is 0 Å². The fourth-order valence-electron chi connectivity index (χ4n) is 3.44. The average molecular weight is 392 g/mol. The Bertz CT molecular complexity index is 838. The summed E-state index contributed by atoms with van der Waals surface area (Å²) in [7, 11) is 0. The van der Waals surface area contributed by atoms with Gasteiger partial charge in [-0.2, -0.15) is 0 Å². The second kappa shape index (κ2) is 10.1. The van der Waals surface area contributed by atoms with E-state index in [1.165, 1.54) is 12.5 Å². The van der Waals surface area contributed by atoms with Crippen LogP contribution in [0.1, 0.15) is 29.8 Å². The molecule has 2 aromatic carbocycles. The SMILES string of the molecule is CC(=O)c1ccc(NC(=O)[C@H](C)N2CCN(C/C=C/c3ccccc3)CC2)cc1. The number of nitrogens with zero attached hydrogens (tertiary/aromatic N) is 2. The highest BCUT2D eigenvalue weighted by Gasteiger charge is 2.25. The first-order chi connectivity index (χ1) is 14.0. The van der Waals surface area contributed by atoms with Gasteiger partial charge in [0.25, 0.3) is 0 Å². The molecule has 1 N–H and O–H groups in total. The minimum Gasteiger partial charge on any atom is -0.325 e. The van der Waals surface area contributed by atoms with Crippen LogP contribution in [0.2, 0.25) is 0 Å². The minimum absolute atomic E-state index is 0.0157. The van der Waals surface area contributed by atoms with E-state index >= 15 is 0 Å². The number of carbonyl (C=O) groups excluding carboxylic acids is 2. The molecule has 1 heterocycles. The van der Waals surface area contributed by atoms with Gasteiger partial charge in [0.05, 0.1) is 6.04 Å². The molecule has 0 bridgehead atoms. The minimum atomic E-state index is -0.190. The summed E-state index contributed by atoms with van der Waals surface area (Å²) >= 11 is 0. The summed E-state index contributed by atoms with van der Waals surface area (Å²) in [4.78, 5) is 28.6. The van der Waals surface area contributed by atoms with Gasteiger partial charge >= 0.3 is 0 Å². The molecule has 5 heteroatoms. The topological polar surface area (TPSA) is 52.7 Å². The van der Waals surface area contributed by atoms with Crippen molar-refractivity contribution in [3.63, 3.8) is 0 Å². The van der Waals surface area contributed by atoms with Crippen molar-refractivity contribution < 1.29 is 9.59 Å². The lowest BCUT2D eigenvalue weighted by Crippen LogP contribution is -2.52. The lowest BCUT2D eigenvalue weighted by atomic mass is 10.1. The zero-order valence-electron chi connectivity index (χ0n) is 17.2. The van der Waals surface area contributed by atoms with Crippen molar-refractivity contribution in [3.8, 4) is 0 Å². The number of amides is 1. The van der Waals surface area contributed by atoms with Crippen LogP contribution in [0.3, 0.4) is 0 Å². The molecule has 0 aromatic heterocycles. The Labute approximate surface area is 173 Å². The summed E-state index contributed by atoms with van der Waals surface area (Å²) in [6, 6.07) is 17.2. The number of benzene rings is 2. The number of piperazine rings is 1. The standard InChI is InChI=1S/C24H29N3O2/c1-19(24(29)25-23-12-10-22(11-13-23)20(2)28)27-17-15-26(16-18-27)14-6-9-21-7-4-3-5-8-21/h3-13,19H,14-18H2,1-2H3,(H,25,29)/b9-6+/t19-/m0/s1. The van der Waals surface area contributed by atoms with Gasteiger partial charge in [-0.15, -0.1) is 0 Å². The Kier molecular flexibility index (Phi) is 7.33. The van der Waals surface area contributed by atoms with Crippen molar-refractivity contribution in [1.29, 1.82) is 0 Å². The third-order valence-electron chi connectivity index (χ3n) is 5.37. The van der Waals surface area contributed by atoms with Crippen molar-refractivity contribution in [1.82, 2.24) is 9.80 Å². The van der Waals surface area contributed by atoms with E-state index in [9.17, 15) is 9.59 Å². The number of hydrogen-bond acceptors (Lipinski definition) is 4. The largest absolute Gasteiger partial charge is 0.325 e. The van der Waals surface area contributed by atoms with Crippen molar-refractivity contribution in [2.75, 3.05) is 38.0 Å². The number of nitrogens with one attached hydrogen (secondary N) is 1. The van der Waals surface area contributed by atoms with Crippen LogP contribution in [0.4, 0.5) is 5.69 Å². The number of hydrogen-bond donors (Lipinski definition) is 1. The summed E-state index contributed by atoms with van der Waals surface area (Å²) in [5.41, 5.74) is 2.58. The molecule has 5 nitrogen and oxygen atoms in total. The zero-order chi connectivity index (χ0) is 20.6. The molecule has 2 aromatic rings. The first kappa shape index (κ1) is 21.0. The van der Waals surface area contributed by atoms with Gasteiger partial charge in [-0.3, -0.25) is 19.4 Å².